The summed E-state index contributed by atoms with van der Waals surface area (Å²) in [5.41, 5.74) is 2.99. The minimum absolute atomic E-state index is 0.118. The number of aromatic hydroxyl groups is 1. The van der Waals surface area contributed by atoms with E-state index in [2.05, 4.69) is 10.5 Å². The minimum Gasteiger partial charge on any atom is -0.507 e. The Labute approximate surface area is 147 Å². The zero-order valence-corrected chi connectivity index (χ0v) is 14.0. The van der Waals surface area contributed by atoms with E-state index in [1.54, 1.807) is 19.1 Å². The molecule has 0 aliphatic carbocycles. The van der Waals surface area contributed by atoms with Crippen LogP contribution in [0, 0.1) is 0 Å². The maximum atomic E-state index is 12.3. The Morgan fingerprint density at radius 3 is 2.32 bits per heavy atom. The molecule has 1 amide bonds. The summed E-state index contributed by atoms with van der Waals surface area (Å²) < 4.78 is 0. The maximum Gasteiger partial charge on any atom is 0.345 e. The van der Waals surface area contributed by atoms with Crippen LogP contribution in [-0.2, 0) is 0 Å². The Hall–Kier alpha value is -3.19. The number of aromatic carboxylic acids is 1. The molecule has 126 valence electrons. The van der Waals surface area contributed by atoms with Crippen LogP contribution in [0.5, 0.6) is 5.75 Å². The van der Waals surface area contributed by atoms with Gasteiger partial charge in [-0.25, -0.2) is 10.2 Å². The van der Waals surface area contributed by atoms with Gasteiger partial charge in [-0.15, -0.1) is 11.3 Å². The average molecular weight is 354 g/mol. The highest BCUT2D eigenvalue weighted by molar-refractivity contribution is 7.15. The van der Waals surface area contributed by atoms with Crippen LogP contribution in [-0.4, -0.2) is 27.8 Å². The van der Waals surface area contributed by atoms with Crippen molar-refractivity contribution >= 4 is 39.7 Å². The summed E-state index contributed by atoms with van der Waals surface area (Å²) in [5.74, 6) is -1.68. The van der Waals surface area contributed by atoms with Gasteiger partial charge in [0.1, 0.15) is 10.6 Å². The van der Waals surface area contributed by atoms with Crippen molar-refractivity contribution < 1.29 is 19.8 Å². The summed E-state index contributed by atoms with van der Waals surface area (Å²) >= 11 is 1.07. The van der Waals surface area contributed by atoms with E-state index >= 15 is 0 Å². The Morgan fingerprint density at radius 2 is 1.68 bits per heavy atom. The number of hydrogen-bond donors (Lipinski definition) is 3. The van der Waals surface area contributed by atoms with Crippen LogP contribution >= 0.6 is 11.3 Å². The lowest BCUT2D eigenvalue weighted by Crippen LogP contribution is -2.19. The van der Waals surface area contributed by atoms with E-state index in [0.29, 0.717) is 10.6 Å². The standard InChI is InChI=1S/C18H14N2O4S/c1-10(15-6-7-16(25-15)18(23)24)19-20-17(22)13-8-11-4-2-3-5-12(11)9-14(13)21/h2-9,21H,1H3,(H,20,22)(H,23,24)/b19-10-. The van der Waals surface area contributed by atoms with Gasteiger partial charge >= 0.3 is 5.97 Å². The van der Waals surface area contributed by atoms with Gasteiger partial charge in [0, 0.05) is 0 Å². The topological polar surface area (TPSA) is 99.0 Å². The number of carboxylic acid groups (broad SMARTS) is 1. The second kappa shape index (κ2) is 6.74. The highest BCUT2D eigenvalue weighted by Gasteiger charge is 2.13. The van der Waals surface area contributed by atoms with Crippen molar-refractivity contribution in [3.63, 3.8) is 0 Å². The molecule has 0 unspecified atom stereocenters. The number of nitrogens with one attached hydrogen (secondary N) is 1. The van der Waals surface area contributed by atoms with Gasteiger partial charge in [-0.3, -0.25) is 4.79 Å². The van der Waals surface area contributed by atoms with E-state index in [1.807, 2.05) is 24.3 Å². The van der Waals surface area contributed by atoms with Crippen LogP contribution in [0.3, 0.4) is 0 Å². The Kier molecular flexibility index (Phi) is 4.49. The Morgan fingerprint density at radius 1 is 1.04 bits per heavy atom. The lowest BCUT2D eigenvalue weighted by atomic mass is 10.1. The van der Waals surface area contributed by atoms with Gasteiger partial charge < -0.3 is 10.2 Å². The number of hydrazone groups is 1. The largest absolute Gasteiger partial charge is 0.507 e. The third-order valence-corrected chi connectivity index (χ3v) is 4.79. The molecule has 0 spiro atoms. The van der Waals surface area contributed by atoms with Gasteiger partial charge in [-0.05, 0) is 42.0 Å². The van der Waals surface area contributed by atoms with Gasteiger partial charge in [0.05, 0.1) is 16.2 Å². The second-order valence-corrected chi connectivity index (χ2v) is 6.41. The van der Waals surface area contributed by atoms with E-state index < -0.39 is 11.9 Å². The molecule has 25 heavy (non-hydrogen) atoms. The summed E-state index contributed by atoms with van der Waals surface area (Å²) in [6, 6.07) is 13.6. The van der Waals surface area contributed by atoms with Crippen molar-refractivity contribution in [2.45, 2.75) is 6.92 Å². The van der Waals surface area contributed by atoms with Gasteiger partial charge in [-0.2, -0.15) is 5.10 Å². The summed E-state index contributed by atoms with van der Waals surface area (Å²) in [6.45, 7) is 1.66. The number of carbonyl (C=O) groups is 2. The normalized spacial score (nSPS) is 11.5. The zero-order chi connectivity index (χ0) is 18.0. The first kappa shape index (κ1) is 16.7. The van der Waals surface area contributed by atoms with Crippen molar-refractivity contribution in [2.75, 3.05) is 0 Å². The third-order valence-electron chi connectivity index (χ3n) is 3.61. The Balaban J connectivity index is 1.81. The van der Waals surface area contributed by atoms with Crippen molar-refractivity contribution in [1.82, 2.24) is 5.43 Å². The molecule has 7 heteroatoms. The molecule has 1 aromatic heterocycles. The van der Waals surface area contributed by atoms with Gasteiger partial charge in [-0.1, -0.05) is 24.3 Å². The molecule has 0 saturated heterocycles. The number of fused-ring (bicyclic) bond motifs is 1. The van der Waals surface area contributed by atoms with Gasteiger partial charge in [0.15, 0.2) is 0 Å². The van der Waals surface area contributed by atoms with E-state index in [-0.39, 0.29) is 16.2 Å². The number of nitrogens with zero attached hydrogens (tertiary/aromatic N) is 1. The van der Waals surface area contributed by atoms with Crippen LogP contribution in [0.15, 0.2) is 53.6 Å². The first-order valence-corrected chi connectivity index (χ1v) is 8.17. The molecule has 2 aromatic carbocycles. The molecule has 0 radical (unpaired) electrons. The molecule has 6 nitrogen and oxygen atoms in total. The number of carbonyl (C=O) groups excluding carboxylic acids is 1. The molecule has 0 saturated carbocycles. The fourth-order valence-electron chi connectivity index (χ4n) is 2.31. The lowest BCUT2D eigenvalue weighted by Gasteiger charge is -2.06. The quantitative estimate of drug-likeness (QED) is 0.493. The summed E-state index contributed by atoms with van der Waals surface area (Å²) in [4.78, 5) is 24.0. The lowest BCUT2D eigenvalue weighted by molar-refractivity contribution is 0.0702. The zero-order valence-electron chi connectivity index (χ0n) is 13.2. The highest BCUT2D eigenvalue weighted by atomic mass is 32.1. The molecule has 0 aliphatic heterocycles. The summed E-state index contributed by atoms with van der Waals surface area (Å²) in [5, 5.41) is 24.6. The van der Waals surface area contributed by atoms with E-state index in [1.165, 1.54) is 12.1 Å². The molecule has 3 aromatic rings. The number of amides is 1. The van der Waals surface area contributed by atoms with Crippen LogP contribution in [0.1, 0.15) is 31.8 Å². The first-order chi connectivity index (χ1) is 12.0. The minimum atomic E-state index is -1.01. The number of carboxylic acids is 1. The predicted octanol–water partition coefficient (Wildman–Crippen LogP) is 3.46. The van der Waals surface area contributed by atoms with Gasteiger partial charge in [0.2, 0.25) is 0 Å². The maximum absolute atomic E-state index is 12.3. The highest BCUT2D eigenvalue weighted by Crippen LogP contribution is 2.25. The summed E-state index contributed by atoms with van der Waals surface area (Å²) in [7, 11) is 0. The molecule has 1 heterocycles. The monoisotopic (exact) mass is 354 g/mol. The molecule has 0 fully saturated rings. The SMILES string of the molecule is C/C(=N/NC(=O)c1cc2ccccc2cc1O)c1ccc(C(=O)O)s1. The van der Waals surface area contributed by atoms with Gasteiger partial charge in [0.25, 0.3) is 5.91 Å². The average Bonchev–Trinajstić information content (AvgIpc) is 3.09. The number of phenolic OH excluding ortho intramolecular Hbond substituents is 1. The molecule has 0 atom stereocenters. The van der Waals surface area contributed by atoms with Crippen LogP contribution in [0.2, 0.25) is 0 Å². The second-order valence-electron chi connectivity index (χ2n) is 5.32. The number of phenols is 1. The molecule has 0 aliphatic rings. The predicted molar refractivity (Wildman–Crippen MR) is 96.6 cm³/mol. The molecular weight excluding hydrogens is 340 g/mol. The van der Waals surface area contributed by atoms with Crippen molar-refractivity contribution in [2.24, 2.45) is 5.10 Å². The number of benzene rings is 2. The van der Waals surface area contributed by atoms with E-state index in [4.69, 9.17) is 5.11 Å². The number of rotatable bonds is 4. The molecule has 3 rings (SSSR count). The van der Waals surface area contributed by atoms with Crippen LogP contribution in [0.25, 0.3) is 10.8 Å². The third kappa shape index (κ3) is 3.51. The smallest absolute Gasteiger partial charge is 0.345 e. The van der Waals surface area contributed by atoms with Crippen LogP contribution < -0.4 is 5.43 Å². The van der Waals surface area contributed by atoms with Crippen molar-refractivity contribution in [3.8, 4) is 5.75 Å². The summed E-state index contributed by atoms with van der Waals surface area (Å²) in [6.07, 6.45) is 0. The molecule has 3 N–H and O–H groups in total. The van der Waals surface area contributed by atoms with Crippen molar-refractivity contribution in [1.29, 1.82) is 0 Å². The fourth-order valence-corrected chi connectivity index (χ4v) is 3.10. The van der Waals surface area contributed by atoms with Crippen LogP contribution in [0.4, 0.5) is 0 Å². The van der Waals surface area contributed by atoms with E-state index in [0.717, 1.165) is 22.1 Å². The van der Waals surface area contributed by atoms with E-state index in [9.17, 15) is 14.7 Å². The molecule has 0 bridgehead atoms. The molecular formula is C18H14N2O4S. The number of thiophene rings is 1. The Bertz CT molecular complexity index is 1010. The fraction of sp³-hybridized carbons (Fsp3) is 0.0556. The van der Waals surface area contributed by atoms with Crippen molar-refractivity contribution in [3.05, 3.63) is 63.8 Å². The first-order valence-electron chi connectivity index (χ1n) is 7.35. The number of hydrogen-bond acceptors (Lipinski definition) is 5.